The third-order valence-electron chi connectivity index (χ3n) is 3.55. The highest BCUT2D eigenvalue weighted by Gasteiger charge is 2.16. The fraction of sp³-hybridized carbons (Fsp3) is 0.250. The van der Waals surface area contributed by atoms with Crippen LogP contribution in [0.2, 0.25) is 0 Å². The van der Waals surface area contributed by atoms with Gasteiger partial charge in [-0.15, -0.1) is 0 Å². The number of aromatic nitrogens is 2. The molecule has 7 heteroatoms. The zero-order valence-corrected chi connectivity index (χ0v) is 13.1. The molecule has 0 bridgehead atoms. The Balaban J connectivity index is 2.27. The number of carbonyl (C=O) groups excluding carboxylic acids is 1. The van der Waals surface area contributed by atoms with E-state index >= 15 is 0 Å². The van der Waals surface area contributed by atoms with Gasteiger partial charge in [-0.3, -0.25) is 19.6 Å². The number of benzene rings is 1. The average molecular weight is 315 g/mol. The highest BCUT2D eigenvalue weighted by molar-refractivity contribution is 6.08. The van der Waals surface area contributed by atoms with Crippen LogP contribution in [-0.4, -0.2) is 25.6 Å². The number of phenols is 1. The lowest BCUT2D eigenvalue weighted by Gasteiger charge is -2.00. The van der Waals surface area contributed by atoms with Gasteiger partial charge in [0.15, 0.2) is 11.5 Å². The second-order valence-electron chi connectivity index (χ2n) is 5.06. The van der Waals surface area contributed by atoms with Crippen LogP contribution in [0.15, 0.2) is 24.3 Å². The molecule has 7 nitrogen and oxygen atoms in total. The summed E-state index contributed by atoms with van der Waals surface area (Å²) in [6.07, 6.45) is 2.88. The molecule has 2 aromatic rings. The first-order valence-corrected chi connectivity index (χ1v) is 7.09. The molecule has 1 N–H and O–H groups in total. The summed E-state index contributed by atoms with van der Waals surface area (Å²) in [5.74, 6) is -0.631. The quantitative estimate of drug-likeness (QED) is 0.396. The van der Waals surface area contributed by atoms with Crippen molar-refractivity contribution >= 4 is 17.5 Å². The van der Waals surface area contributed by atoms with Gasteiger partial charge in [0.25, 0.3) is 0 Å². The monoisotopic (exact) mass is 315 g/mol. The van der Waals surface area contributed by atoms with E-state index in [1.165, 1.54) is 30.4 Å². The first-order chi connectivity index (χ1) is 10.8. The number of carbonyl (C=O) groups is 1. The fourth-order valence-electron chi connectivity index (χ4n) is 2.42. The van der Waals surface area contributed by atoms with Gasteiger partial charge in [-0.2, -0.15) is 5.10 Å². The Morgan fingerprint density at radius 1 is 1.43 bits per heavy atom. The van der Waals surface area contributed by atoms with Gasteiger partial charge in [0.2, 0.25) is 0 Å². The summed E-state index contributed by atoms with van der Waals surface area (Å²) in [5.41, 5.74) is 2.13. The van der Waals surface area contributed by atoms with Crippen LogP contribution in [0.3, 0.4) is 0 Å². The van der Waals surface area contributed by atoms with Gasteiger partial charge in [0.05, 0.1) is 16.2 Å². The van der Waals surface area contributed by atoms with E-state index in [0.29, 0.717) is 23.4 Å². The number of rotatable bonds is 5. The molecule has 2 rings (SSSR count). The van der Waals surface area contributed by atoms with Crippen molar-refractivity contribution in [2.75, 3.05) is 0 Å². The third-order valence-corrected chi connectivity index (χ3v) is 3.55. The summed E-state index contributed by atoms with van der Waals surface area (Å²) < 4.78 is 1.76. The Morgan fingerprint density at radius 3 is 2.65 bits per heavy atom. The van der Waals surface area contributed by atoms with Gasteiger partial charge >= 0.3 is 5.69 Å². The third kappa shape index (κ3) is 3.28. The van der Waals surface area contributed by atoms with Crippen molar-refractivity contribution in [2.24, 2.45) is 0 Å². The Bertz CT molecular complexity index is 806. The maximum Gasteiger partial charge on any atom is 0.310 e. The predicted molar refractivity (Wildman–Crippen MR) is 85.5 cm³/mol. The number of aryl methyl sites for hydroxylation is 2. The fourth-order valence-corrected chi connectivity index (χ4v) is 2.42. The maximum atomic E-state index is 12.3. The average Bonchev–Trinajstić information content (AvgIpc) is 2.78. The first kappa shape index (κ1) is 16.4. The van der Waals surface area contributed by atoms with E-state index in [0.717, 1.165) is 5.69 Å². The number of allylic oxidation sites excluding steroid dienone is 1. The molecule has 1 aromatic heterocycles. The predicted octanol–water partition coefficient (Wildman–Crippen LogP) is 3.03. The molecule has 23 heavy (non-hydrogen) atoms. The molecule has 1 heterocycles. The number of ketones is 1. The maximum absolute atomic E-state index is 12.3. The Kier molecular flexibility index (Phi) is 4.59. The van der Waals surface area contributed by atoms with Crippen molar-refractivity contribution in [3.05, 3.63) is 56.9 Å². The molecule has 0 fully saturated rings. The van der Waals surface area contributed by atoms with Crippen molar-refractivity contribution in [3.8, 4) is 5.75 Å². The molecule has 0 amide bonds. The van der Waals surface area contributed by atoms with E-state index in [2.05, 4.69) is 5.10 Å². The number of nitro groups is 1. The minimum absolute atomic E-state index is 0.197. The molecule has 120 valence electrons. The van der Waals surface area contributed by atoms with Gasteiger partial charge in [-0.05, 0) is 44.5 Å². The molecule has 0 aliphatic carbocycles. The zero-order valence-electron chi connectivity index (χ0n) is 13.1. The Morgan fingerprint density at radius 2 is 2.13 bits per heavy atom. The molecule has 0 saturated carbocycles. The van der Waals surface area contributed by atoms with Gasteiger partial charge in [0.1, 0.15) is 0 Å². The topological polar surface area (TPSA) is 98.3 Å². The van der Waals surface area contributed by atoms with E-state index in [1.807, 2.05) is 13.8 Å². The number of nitrogens with zero attached hydrogens (tertiary/aromatic N) is 3. The smallest absolute Gasteiger partial charge is 0.310 e. The van der Waals surface area contributed by atoms with Crippen molar-refractivity contribution in [1.29, 1.82) is 0 Å². The summed E-state index contributed by atoms with van der Waals surface area (Å²) in [5, 5.41) is 24.5. The number of hydrogen-bond donors (Lipinski definition) is 1. The molecule has 0 aliphatic rings. The van der Waals surface area contributed by atoms with Gasteiger partial charge in [-0.25, -0.2) is 0 Å². The molecule has 0 atom stereocenters. The van der Waals surface area contributed by atoms with Crippen LogP contribution in [0.1, 0.15) is 34.2 Å². The summed E-state index contributed by atoms with van der Waals surface area (Å²) >= 11 is 0. The summed E-state index contributed by atoms with van der Waals surface area (Å²) in [7, 11) is 0. The van der Waals surface area contributed by atoms with Crippen molar-refractivity contribution in [3.63, 3.8) is 0 Å². The number of nitro benzene ring substituents is 1. The summed E-state index contributed by atoms with van der Waals surface area (Å²) in [6, 6.07) is 3.92. The molecule has 0 saturated heterocycles. The second kappa shape index (κ2) is 6.43. The lowest BCUT2D eigenvalue weighted by Crippen LogP contribution is -2.01. The van der Waals surface area contributed by atoms with Crippen LogP contribution in [0.25, 0.3) is 6.08 Å². The highest BCUT2D eigenvalue weighted by Crippen LogP contribution is 2.26. The molecule has 1 aromatic carbocycles. The molecular formula is C16H17N3O4. The largest absolute Gasteiger partial charge is 0.502 e. The second-order valence-corrected chi connectivity index (χ2v) is 5.06. The molecule has 0 aliphatic heterocycles. The molecule has 0 radical (unpaired) electrons. The van der Waals surface area contributed by atoms with Crippen LogP contribution in [0.5, 0.6) is 5.75 Å². The standard InChI is InChI=1S/C16H17N3O4/c1-4-18-11(3)16(10(2)17-18)14(20)8-6-12-5-7-13(19(22)23)15(21)9-12/h5-9,21H,4H2,1-3H3/b8-6-. The van der Waals surface area contributed by atoms with E-state index in [1.54, 1.807) is 11.6 Å². The van der Waals surface area contributed by atoms with Gasteiger partial charge in [0, 0.05) is 18.3 Å². The minimum Gasteiger partial charge on any atom is -0.502 e. The van der Waals surface area contributed by atoms with Gasteiger partial charge in [-0.1, -0.05) is 6.08 Å². The van der Waals surface area contributed by atoms with Crippen molar-refractivity contribution in [1.82, 2.24) is 9.78 Å². The summed E-state index contributed by atoms with van der Waals surface area (Å²) in [6.45, 7) is 6.24. The van der Waals surface area contributed by atoms with Crippen molar-refractivity contribution < 1.29 is 14.8 Å². The van der Waals surface area contributed by atoms with E-state index in [4.69, 9.17) is 0 Å². The SMILES string of the molecule is CCn1nc(C)c(C(=O)/C=C\c2ccc([N+](=O)[O-])c(O)c2)c1C. The highest BCUT2D eigenvalue weighted by atomic mass is 16.6. The van der Waals surface area contributed by atoms with E-state index < -0.39 is 10.7 Å². The number of hydrogen-bond acceptors (Lipinski definition) is 5. The molecule has 0 unspecified atom stereocenters. The minimum atomic E-state index is -0.667. The lowest BCUT2D eigenvalue weighted by molar-refractivity contribution is -0.385. The van der Waals surface area contributed by atoms with Crippen LogP contribution in [0.4, 0.5) is 5.69 Å². The van der Waals surface area contributed by atoms with Crippen molar-refractivity contribution in [2.45, 2.75) is 27.3 Å². The Labute approximate surface area is 133 Å². The summed E-state index contributed by atoms with van der Waals surface area (Å²) in [4.78, 5) is 22.3. The molecule has 0 spiro atoms. The molecular weight excluding hydrogens is 298 g/mol. The van der Waals surface area contributed by atoms with Crippen LogP contribution in [-0.2, 0) is 6.54 Å². The van der Waals surface area contributed by atoms with E-state index in [9.17, 15) is 20.0 Å². The van der Waals surface area contributed by atoms with Crippen LogP contribution >= 0.6 is 0 Å². The normalized spacial score (nSPS) is 11.1. The van der Waals surface area contributed by atoms with E-state index in [-0.39, 0.29) is 11.5 Å². The zero-order chi connectivity index (χ0) is 17.1. The number of phenolic OH excluding ortho intramolecular Hbond substituents is 1. The number of aromatic hydroxyl groups is 1. The first-order valence-electron chi connectivity index (χ1n) is 7.09. The lowest BCUT2D eigenvalue weighted by atomic mass is 10.1. The Hall–Kier alpha value is -2.96. The van der Waals surface area contributed by atoms with Gasteiger partial charge < -0.3 is 5.11 Å². The van der Waals surface area contributed by atoms with Crippen LogP contribution in [0, 0.1) is 24.0 Å². The van der Waals surface area contributed by atoms with Crippen LogP contribution < -0.4 is 0 Å².